The zero-order valence-corrected chi connectivity index (χ0v) is 11.0. The first-order valence-electron chi connectivity index (χ1n) is 6.15. The number of likely N-dealkylation sites (N-methyl/N-ethyl adjacent to an activating group) is 1. The molecule has 0 bridgehead atoms. The normalized spacial score (nSPS) is 18.8. The van der Waals surface area contributed by atoms with Gasteiger partial charge in [-0.1, -0.05) is 0 Å². The predicted molar refractivity (Wildman–Crippen MR) is 66.6 cm³/mol. The molecule has 4 nitrogen and oxygen atoms in total. The van der Waals surface area contributed by atoms with E-state index in [4.69, 9.17) is 0 Å². The molecule has 1 aromatic heterocycles. The molecule has 2 rings (SSSR count). The van der Waals surface area contributed by atoms with E-state index in [2.05, 4.69) is 30.3 Å². The van der Waals surface area contributed by atoms with Crippen LogP contribution >= 0.6 is 0 Å². The maximum Gasteiger partial charge on any atom is 0.129 e. The fourth-order valence-electron chi connectivity index (χ4n) is 2.35. The largest absolute Gasteiger partial charge is 0.301 e. The molecule has 1 aliphatic carbocycles. The lowest BCUT2D eigenvalue weighted by atomic mass is 9.95. The third kappa shape index (κ3) is 1.96. The first kappa shape index (κ1) is 12.1. The van der Waals surface area contributed by atoms with E-state index in [-0.39, 0.29) is 0 Å². The van der Waals surface area contributed by atoms with Crippen molar-refractivity contribution in [3.63, 3.8) is 0 Å². The van der Waals surface area contributed by atoms with E-state index in [0.717, 1.165) is 24.2 Å². The van der Waals surface area contributed by atoms with Gasteiger partial charge in [0, 0.05) is 5.69 Å². The van der Waals surface area contributed by atoms with Crippen LogP contribution in [0.5, 0.6) is 0 Å². The highest BCUT2D eigenvalue weighted by molar-refractivity contribution is 5.24. The van der Waals surface area contributed by atoms with Crippen LogP contribution < -0.4 is 5.32 Å². The molecule has 1 N–H and O–H groups in total. The van der Waals surface area contributed by atoms with Gasteiger partial charge in [0.05, 0.1) is 18.3 Å². The number of nitrogens with zero attached hydrogens (tertiary/aromatic N) is 3. The minimum atomic E-state index is -0.449. The van der Waals surface area contributed by atoms with Crippen molar-refractivity contribution < 1.29 is 0 Å². The second-order valence-corrected chi connectivity index (χ2v) is 5.06. The molecule has 0 aromatic carbocycles. The first-order chi connectivity index (χ1) is 8.04. The van der Waals surface area contributed by atoms with Crippen molar-refractivity contribution >= 4 is 0 Å². The number of nitriles is 1. The van der Waals surface area contributed by atoms with Crippen LogP contribution in [0.3, 0.4) is 0 Å². The second-order valence-electron chi connectivity index (χ2n) is 5.06. The van der Waals surface area contributed by atoms with Crippen molar-refractivity contribution in [2.75, 3.05) is 7.05 Å². The summed E-state index contributed by atoms with van der Waals surface area (Å²) in [6, 6.07) is 2.46. The minimum absolute atomic E-state index is 0.449. The molecule has 1 atom stereocenters. The van der Waals surface area contributed by atoms with Crippen molar-refractivity contribution in [2.45, 2.75) is 45.7 Å². The molecule has 0 aliphatic heterocycles. The molecule has 1 fully saturated rings. The maximum absolute atomic E-state index is 9.46. The maximum atomic E-state index is 9.46. The Morgan fingerprint density at radius 1 is 1.47 bits per heavy atom. The number of hydrogen-bond acceptors (Lipinski definition) is 3. The number of nitrogens with one attached hydrogen (secondary N) is 1. The summed E-state index contributed by atoms with van der Waals surface area (Å²) in [5, 5.41) is 17.2. The van der Waals surface area contributed by atoms with E-state index in [9.17, 15) is 5.26 Å². The Bertz CT molecular complexity index is 464. The lowest BCUT2D eigenvalue weighted by Gasteiger charge is -2.26. The first-order valence-corrected chi connectivity index (χ1v) is 6.15. The fourth-order valence-corrected chi connectivity index (χ4v) is 2.35. The van der Waals surface area contributed by atoms with E-state index in [1.807, 2.05) is 18.7 Å². The van der Waals surface area contributed by atoms with Crippen LogP contribution in [0.15, 0.2) is 0 Å². The predicted octanol–water partition coefficient (Wildman–Crippen LogP) is 1.70. The van der Waals surface area contributed by atoms with Gasteiger partial charge < -0.3 is 5.32 Å². The van der Waals surface area contributed by atoms with E-state index in [0.29, 0.717) is 12.5 Å². The third-order valence-corrected chi connectivity index (χ3v) is 4.06. The van der Waals surface area contributed by atoms with Crippen LogP contribution in [-0.2, 0) is 6.54 Å². The highest BCUT2D eigenvalue weighted by Crippen LogP contribution is 2.40. The van der Waals surface area contributed by atoms with Crippen LogP contribution in [0.25, 0.3) is 0 Å². The van der Waals surface area contributed by atoms with Gasteiger partial charge in [0.15, 0.2) is 0 Å². The molecular weight excluding hydrogens is 212 g/mol. The van der Waals surface area contributed by atoms with Crippen LogP contribution in [0.4, 0.5) is 0 Å². The van der Waals surface area contributed by atoms with E-state index >= 15 is 0 Å². The van der Waals surface area contributed by atoms with Crippen LogP contribution in [0.2, 0.25) is 0 Å². The fraction of sp³-hybridized carbons (Fsp3) is 0.692. The molecule has 1 saturated carbocycles. The molecule has 0 saturated heterocycles. The average molecular weight is 232 g/mol. The number of hydrogen-bond donors (Lipinski definition) is 1. The molecule has 92 valence electrons. The van der Waals surface area contributed by atoms with Gasteiger partial charge in [-0.3, -0.25) is 4.68 Å². The van der Waals surface area contributed by atoms with Crippen molar-refractivity contribution in [1.29, 1.82) is 5.26 Å². The Kier molecular flexibility index (Phi) is 2.96. The van der Waals surface area contributed by atoms with Gasteiger partial charge in [-0.2, -0.15) is 10.4 Å². The molecule has 1 heterocycles. The van der Waals surface area contributed by atoms with Gasteiger partial charge in [-0.05, 0) is 52.1 Å². The Morgan fingerprint density at radius 2 is 2.12 bits per heavy atom. The van der Waals surface area contributed by atoms with E-state index in [1.54, 1.807) is 0 Å². The Morgan fingerprint density at radius 3 is 2.47 bits per heavy atom. The van der Waals surface area contributed by atoms with E-state index < -0.39 is 5.54 Å². The lowest BCUT2D eigenvalue weighted by molar-refractivity contribution is 0.322. The molecule has 4 heteroatoms. The van der Waals surface area contributed by atoms with Crippen LogP contribution in [-0.4, -0.2) is 22.4 Å². The standard InChI is InChI=1S/C13H20N4/c1-9-10(2)16-17(11(9)3)8-13(7-14,15-4)12-5-6-12/h12,15H,5-6,8H2,1-4H3. The van der Waals surface area contributed by atoms with E-state index in [1.165, 1.54) is 5.56 Å². The lowest BCUT2D eigenvalue weighted by Crippen LogP contribution is -2.48. The minimum Gasteiger partial charge on any atom is -0.301 e. The number of aromatic nitrogens is 2. The Labute approximate surface area is 103 Å². The van der Waals surface area contributed by atoms with Gasteiger partial charge in [0.1, 0.15) is 5.54 Å². The van der Waals surface area contributed by atoms with Crippen LogP contribution in [0.1, 0.15) is 29.8 Å². The molecule has 0 spiro atoms. The second kappa shape index (κ2) is 4.15. The van der Waals surface area contributed by atoms with Gasteiger partial charge in [-0.25, -0.2) is 0 Å². The quantitative estimate of drug-likeness (QED) is 0.859. The molecule has 1 aliphatic rings. The summed E-state index contributed by atoms with van der Waals surface area (Å²) in [6.45, 7) is 6.81. The zero-order valence-electron chi connectivity index (χ0n) is 11.0. The summed E-state index contributed by atoms with van der Waals surface area (Å²) < 4.78 is 1.97. The van der Waals surface area contributed by atoms with Crippen molar-refractivity contribution in [3.05, 3.63) is 17.0 Å². The SMILES string of the molecule is CNC(C#N)(Cn1nc(C)c(C)c1C)C1CC1. The summed E-state index contributed by atoms with van der Waals surface area (Å²) in [5.74, 6) is 0.474. The topological polar surface area (TPSA) is 53.6 Å². The van der Waals surface area contributed by atoms with Gasteiger partial charge in [0.25, 0.3) is 0 Å². The summed E-state index contributed by atoms with van der Waals surface area (Å²) in [5.41, 5.74) is 3.00. The van der Waals surface area contributed by atoms with Gasteiger partial charge >= 0.3 is 0 Å². The highest BCUT2D eigenvalue weighted by Gasteiger charge is 2.45. The summed E-state index contributed by atoms with van der Waals surface area (Å²) >= 11 is 0. The van der Waals surface area contributed by atoms with Crippen molar-refractivity contribution in [1.82, 2.24) is 15.1 Å². The Hall–Kier alpha value is -1.34. The Balaban J connectivity index is 2.30. The monoisotopic (exact) mass is 232 g/mol. The van der Waals surface area contributed by atoms with Gasteiger partial charge in [-0.15, -0.1) is 0 Å². The summed E-state index contributed by atoms with van der Waals surface area (Å²) in [6.07, 6.45) is 2.29. The molecular formula is C13H20N4. The number of rotatable bonds is 4. The summed E-state index contributed by atoms with van der Waals surface area (Å²) in [4.78, 5) is 0. The average Bonchev–Trinajstić information content (AvgIpc) is 3.14. The highest BCUT2D eigenvalue weighted by atomic mass is 15.3. The van der Waals surface area contributed by atoms with Crippen molar-refractivity contribution in [3.8, 4) is 6.07 Å². The smallest absolute Gasteiger partial charge is 0.129 e. The summed E-state index contributed by atoms with van der Waals surface area (Å²) in [7, 11) is 1.88. The molecule has 1 aromatic rings. The van der Waals surface area contributed by atoms with Gasteiger partial charge in [0.2, 0.25) is 0 Å². The number of aryl methyl sites for hydroxylation is 1. The molecule has 17 heavy (non-hydrogen) atoms. The third-order valence-electron chi connectivity index (χ3n) is 4.06. The van der Waals surface area contributed by atoms with Crippen molar-refractivity contribution in [2.24, 2.45) is 5.92 Å². The molecule has 0 amide bonds. The molecule has 0 radical (unpaired) electrons. The molecule has 1 unspecified atom stereocenters. The zero-order chi connectivity index (χ0) is 12.6. The van der Waals surface area contributed by atoms with Crippen LogP contribution in [0, 0.1) is 38.0 Å².